The first-order valence-electron chi connectivity index (χ1n) is 7.86. The highest BCUT2D eigenvalue weighted by Gasteiger charge is 2.25. The van der Waals surface area contributed by atoms with Gasteiger partial charge in [-0.15, -0.1) is 0 Å². The molecule has 1 nitrogen and oxygen atoms in total. The highest BCUT2D eigenvalue weighted by atomic mass is 16.3. The molecule has 1 aromatic rings. The molecule has 0 fully saturated rings. The Bertz CT molecular complexity index is 389. The maximum atomic E-state index is 9.34. The summed E-state index contributed by atoms with van der Waals surface area (Å²) in [7, 11) is 0. The molecule has 1 heteroatoms. The first kappa shape index (κ1) is 17.1. The predicted molar refractivity (Wildman–Crippen MR) is 88.1 cm³/mol. The quantitative estimate of drug-likeness (QED) is 0.719. The van der Waals surface area contributed by atoms with E-state index in [1.54, 1.807) is 12.1 Å². The zero-order valence-electron chi connectivity index (χ0n) is 14.2. The fourth-order valence-electron chi connectivity index (χ4n) is 2.62. The van der Waals surface area contributed by atoms with Crippen molar-refractivity contribution in [2.75, 3.05) is 0 Å². The maximum Gasteiger partial charge on any atom is 0.115 e. The van der Waals surface area contributed by atoms with Gasteiger partial charge in [0.1, 0.15) is 5.75 Å². The summed E-state index contributed by atoms with van der Waals surface area (Å²) >= 11 is 0. The Labute approximate surface area is 125 Å². The Morgan fingerprint density at radius 1 is 0.900 bits per heavy atom. The van der Waals surface area contributed by atoms with Gasteiger partial charge in [-0.1, -0.05) is 53.7 Å². The van der Waals surface area contributed by atoms with Crippen molar-refractivity contribution in [3.8, 4) is 5.75 Å². The Hall–Kier alpha value is -0.980. The number of hydrogen-bond donors (Lipinski definition) is 1. The molecular formula is C19H32O. The second-order valence-corrected chi connectivity index (χ2v) is 8.37. The number of phenolic OH excluding ortho intramolecular Hbond substituents is 1. The molecule has 0 aromatic heterocycles. The van der Waals surface area contributed by atoms with Gasteiger partial charge >= 0.3 is 0 Å². The van der Waals surface area contributed by atoms with E-state index in [-0.39, 0.29) is 0 Å². The minimum absolute atomic E-state index is 0.355. The molecule has 0 amide bonds. The van der Waals surface area contributed by atoms with Crippen molar-refractivity contribution in [1.29, 1.82) is 0 Å². The van der Waals surface area contributed by atoms with E-state index >= 15 is 0 Å². The fraction of sp³-hybridized carbons (Fsp3) is 0.684. The summed E-state index contributed by atoms with van der Waals surface area (Å²) in [6, 6.07) is 7.66. The molecule has 114 valence electrons. The van der Waals surface area contributed by atoms with Crippen molar-refractivity contribution in [2.24, 2.45) is 16.7 Å². The summed E-state index contributed by atoms with van der Waals surface area (Å²) in [6.07, 6.45) is 4.91. The molecule has 0 spiro atoms. The zero-order valence-corrected chi connectivity index (χ0v) is 14.2. The monoisotopic (exact) mass is 276 g/mol. The predicted octanol–water partition coefficient (Wildman–Crippen LogP) is 5.81. The van der Waals surface area contributed by atoms with E-state index in [2.05, 4.69) is 41.5 Å². The third-order valence-corrected chi connectivity index (χ3v) is 4.19. The maximum absolute atomic E-state index is 9.34. The smallest absolute Gasteiger partial charge is 0.115 e. The van der Waals surface area contributed by atoms with Gasteiger partial charge in [0.2, 0.25) is 0 Å². The number of aromatic hydroxyl groups is 1. The van der Waals surface area contributed by atoms with Gasteiger partial charge in [0.25, 0.3) is 0 Å². The standard InChI is InChI=1S/C19H32O/c1-18(2,3)14-13-16(19(4,5)6)10-7-15-8-11-17(20)12-9-15/h8-9,11-12,16,20H,7,10,13-14H2,1-6H3. The molecule has 1 N–H and O–H groups in total. The van der Waals surface area contributed by atoms with E-state index in [4.69, 9.17) is 0 Å². The molecule has 1 unspecified atom stereocenters. The number of phenols is 1. The summed E-state index contributed by atoms with van der Waals surface area (Å²) in [6.45, 7) is 14.1. The molecule has 20 heavy (non-hydrogen) atoms. The van der Waals surface area contributed by atoms with Crippen LogP contribution in [0.1, 0.15) is 66.4 Å². The van der Waals surface area contributed by atoms with Gasteiger partial charge in [-0.05, 0) is 60.1 Å². The Kier molecular flexibility index (Phi) is 5.68. The third-order valence-electron chi connectivity index (χ3n) is 4.19. The first-order valence-corrected chi connectivity index (χ1v) is 7.86. The molecule has 0 aliphatic heterocycles. The summed E-state index contributed by atoms with van der Waals surface area (Å²) in [5, 5.41) is 9.34. The van der Waals surface area contributed by atoms with E-state index < -0.39 is 0 Å². The molecule has 0 aliphatic carbocycles. The average molecular weight is 276 g/mol. The lowest BCUT2D eigenvalue weighted by molar-refractivity contribution is 0.185. The number of benzene rings is 1. The molecule has 0 heterocycles. The van der Waals surface area contributed by atoms with Gasteiger partial charge < -0.3 is 5.11 Å². The SMILES string of the molecule is CC(C)(C)CCC(CCc1ccc(O)cc1)C(C)(C)C. The molecule has 1 atom stereocenters. The molecule has 0 radical (unpaired) electrons. The fourth-order valence-corrected chi connectivity index (χ4v) is 2.62. The van der Waals surface area contributed by atoms with Gasteiger partial charge in [-0.25, -0.2) is 0 Å². The van der Waals surface area contributed by atoms with Crippen LogP contribution in [0.4, 0.5) is 0 Å². The Morgan fingerprint density at radius 2 is 1.45 bits per heavy atom. The lowest BCUT2D eigenvalue weighted by Gasteiger charge is -2.33. The van der Waals surface area contributed by atoms with Gasteiger partial charge in [-0.2, -0.15) is 0 Å². The van der Waals surface area contributed by atoms with E-state index in [9.17, 15) is 5.11 Å². The second-order valence-electron chi connectivity index (χ2n) is 8.37. The van der Waals surface area contributed by atoms with Crippen LogP contribution in [0.5, 0.6) is 5.75 Å². The lowest BCUT2D eigenvalue weighted by atomic mass is 9.73. The van der Waals surface area contributed by atoms with Crippen LogP contribution in [0.3, 0.4) is 0 Å². The summed E-state index contributed by atoms with van der Waals surface area (Å²) in [5.41, 5.74) is 2.11. The van der Waals surface area contributed by atoms with E-state index in [1.807, 2.05) is 12.1 Å². The lowest BCUT2D eigenvalue weighted by Crippen LogP contribution is -2.23. The van der Waals surface area contributed by atoms with Crippen molar-refractivity contribution in [1.82, 2.24) is 0 Å². The van der Waals surface area contributed by atoms with E-state index in [1.165, 1.54) is 24.8 Å². The van der Waals surface area contributed by atoms with Crippen molar-refractivity contribution in [3.63, 3.8) is 0 Å². The van der Waals surface area contributed by atoms with Crippen LogP contribution in [0, 0.1) is 16.7 Å². The van der Waals surface area contributed by atoms with Crippen LogP contribution in [0.25, 0.3) is 0 Å². The van der Waals surface area contributed by atoms with Crippen LogP contribution in [-0.2, 0) is 6.42 Å². The highest BCUT2D eigenvalue weighted by Crippen LogP contribution is 2.36. The summed E-state index contributed by atoms with van der Waals surface area (Å²) < 4.78 is 0. The highest BCUT2D eigenvalue weighted by molar-refractivity contribution is 5.25. The third kappa shape index (κ3) is 6.45. The van der Waals surface area contributed by atoms with Gasteiger partial charge in [0.05, 0.1) is 0 Å². The van der Waals surface area contributed by atoms with Crippen LogP contribution in [0.2, 0.25) is 0 Å². The van der Waals surface area contributed by atoms with Crippen LogP contribution in [-0.4, -0.2) is 5.11 Å². The molecular weight excluding hydrogens is 244 g/mol. The Morgan fingerprint density at radius 3 is 1.90 bits per heavy atom. The van der Waals surface area contributed by atoms with E-state index in [0.29, 0.717) is 16.6 Å². The minimum atomic E-state index is 0.355. The second kappa shape index (κ2) is 6.65. The Balaban J connectivity index is 2.59. The van der Waals surface area contributed by atoms with Crippen molar-refractivity contribution in [2.45, 2.75) is 67.2 Å². The number of hydrogen-bond acceptors (Lipinski definition) is 1. The molecule has 0 saturated carbocycles. The molecule has 0 aliphatic rings. The number of rotatable bonds is 5. The van der Waals surface area contributed by atoms with Gasteiger partial charge in [0.15, 0.2) is 0 Å². The van der Waals surface area contributed by atoms with Crippen molar-refractivity contribution in [3.05, 3.63) is 29.8 Å². The normalized spacial score (nSPS) is 14.3. The molecule has 1 rings (SSSR count). The van der Waals surface area contributed by atoms with Crippen molar-refractivity contribution < 1.29 is 5.11 Å². The topological polar surface area (TPSA) is 20.2 Å². The zero-order chi connectivity index (χ0) is 15.4. The summed E-state index contributed by atoms with van der Waals surface area (Å²) in [4.78, 5) is 0. The first-order chi connectivity index (χ1) is 9.08. The molecule has 0 bridgehead atoms. The largest absolute Gasteiger partial charge is 0.508 e. The van der Waals surface area contributed by atoms with Gasteiger partial charge in [0, 0.05) is 0 Å². The molecule has 1 aromatic carbocycles. The van der Waals surface area contributed by atoms with Crippen LogP contribution in [0.15, 0.2) is 24.3 Å². The average Bonchev–Trinajstić information content (AvgIpc) is 2.28. The van der Waals surface area contributed by atoms with Gasteiger partial charge in [-0.3, -0.25) is 0 Å². The minimum Gasteiger partial charge on any atom is -0.508 e. The molecule has 0 saturated heterocycles. The van der Waals surface area contributed by atoms with E-state index in [0.717, 1.165) is 12.3 Å². The summed E-state index contributed by atoms with van der Waals surface area (Å²) in [5.74, 6) is 1.10. The van der Waals surface area contributed by atoms with Crippen molar-refractivity contribution >= 4 is 0 Å². The van der Waals surface area contributed by atoms with Crippen LogP contribution < -0.4 is 0 Å². The number of aryl methyl sites for hydroxylation is 1. The van der Waals surface area contributed by atoms with Crippen LogP contribution >= 0.6 is 0 Å².